The minimum absolute atomic E-state index is 0.0241. The number of aryl methyl sites for hydroxylation is 1. The van der Waals surface area contributed by atoms with Crippen LogP contribution in [0.25, 0.3) is 0 Å². The first kappa shape index (κ1) is 22.2. The Balaban J connectivity index is 1.92. The normalized spacial score (nSPS) is 11.8. The lowest BCUT2D eigenvalue weighted by Crippen LogP contribution is -2.17. The molecule has 0 unspecified atom stereocenters. The van der Waals surface area contributed by atoms with Gasteiger partial charge in [0.2, 0.25) is 0 Å². The van der Waals surface area contributed by atoms with E-state index in [-0.39, 0.29) is 11.8 Å². The minimum Gasteiger partial charge on any atom is -0.354 e. The number of carbonyl (C=O) groups excluding carboxylic acids is 1. The van der Waals surface area contributed by atoms with Crippen molar-refractivity contribution in [3.63, 3.8) is 0 Å². The predicted molar refractivity (Wildman–Crippen MR) is 105 cm³/mol. The number of rotatable bonds is 4. The van der Waals surface area contributed by atoms with E-state index < -0.39 is 35.0 Å². The van der Waals surface area contributed by atoms with E-state index in [2.05, 4.69) is 10.6 Å². The molecule has 2 N–H and O–H groups in total. The van der Waals surface area contributed by atoms with Crippen LogP contribution in [0.2, 0.25) is 0 Å². The Morgan fingerprint density at radius 2 is 1.26 bits per heavy atom. The zero-order valence-corrected chi connectivity index (χ0v) is 16.0. The molecule has 0 aliphatic rings. The summed E-state index contributed by atoms with van der Waals surface area (Å²) in [6.07, 6.45) is -10.1. The number of hydrogen-bond donors (Lipinski definition) is 2. The van der Waals surface area contributed by atoms with Gasteiger partial charge >= 0.3 is 12.4 Å². The molecule has 162 valence electrons. The fourth-order valence-electron chi connectivity index (χ4n) is 2.77. The summed E-state index contributed by atoms with van der Waals surface area (Å²) in [6, 6.07) is 14.4. The molecule has 0 fully saturated rings. The Labute approximate surface area is 173 Å². The lowest BCUT2D eigenvalue weighted by atomic mass is 10.0. The van der Waals surface area contributed by atoms with Crippen molar-refractivity contribution in [1.29, 1.82) is 0 Å². The van der Waals surface area contributed by atoms with E-state index in [0.29, 0.717) is 23.5 Å². The van der Waals surface area contributed by atoms with Crippen molar-refractivity contribution in [2.24, 2.45) is 0 Å². The van der Waals surface area contributed by atoms with Gasteiger partial charge in [0.15, 0.2) is 0 Å². The van der Waals surface area contributed by atoms with Crippen LogP contribution in [-0.4, -0.2) is 5.91 Å². The van der Waals surface area contributed by atoms with Gasteiger partial charge in [0.25, 0.3) is 5.91 Å². The summed E-state index contributed by atoms with van der Waals surface area (Å²) in [7, 11) is 0. The highest BCUT2D eigenvalue weighted by molar-refractivity contribution is 6.06. The maximum Gasteiger partial charge on any atom is 0.416 e. The number of anilines is 3. The number of amides is 1. The van der Waals surface area contributed by atoms with E-state index >= 15 is 0 Å². The topological polar surface area (TPSA) is 41.1 Å². The molecule has 0 aliphatic heterocycles. The highest BCUT2D eigenvalue weighted by atomic mass is 19.4. The lowest BCUT2D eigenvalue weighted by Gasteiger charge is -2.16. The minimum atomic E-state index is -5.04. The molecule has 3 aromatic rings. The second-order valence-corrected chi connectivity index (χ2v) is 6.79. The fraction of sp³-hybridized carbons (Fsp3) is 0.136. The van der Waals surface area contributed by atoms with Crippen molar-refractivity contribution in [1.82, 2.24) is 0 Å². The second-order valence-electron chi connectivity index (χ2n) is 6.79. The summed E-state index contributed by atoms with van der Waals surface area (Å²) in [5.41, 5.74) is -1.55. The van der Waals surface area contributed by atoms with Crippen molar-refractivity contribution in [2.75, 3.05) is 10.6 Å². The molecule has 3 aromatic carbocycles. The zero-order valence-electron chi connectivity index (χ0n) is 16.0. The Hall–Kier alpha value is -3.49. The SMILES string of the molecule is Cc1ccc(Nc2ccccc2NC(=O)c2cc(C(F)(F)F)cc(C(F)(F)F)c2)cc1. The first-order valence-corrected chi connectivity index (χ1v) is 8.97. The third kappa shape index (κ3) is 5.56. The van der Waals surface area contributed by atoms with Crippen molar-refractivity contribution >= 4 is 23.0 Å². The quantitative estimate of drug-likeness (QED) is 0.430. The van der Waals surface area contributed by atoms with Crippen molar-refractivity contribution in [3.05, 3.63) is 89.0 Å². The molecule has 3 nitrogen and oxygen atoms in total. The predicted octanol–water partition coefficient (Wildman–Crippen LogP) is 7.03. The van der Waals surface area contributed by atoms with Crippen LogP contribution in [0, 0.1) is 6.92 Å². The third-order valence-corrected chi connectivity index (χ3v) is 4.36. The highest BCUT2D eigenvalue weighted by Crippen LogP contribution is 2.36. The van der Waals surface area contributed by atoms with Gasteiger partial charge in [-0.25, -0.2) is 0 Å². The van der Waals surface area contributed by atoms with Crippen molar-refractivity contribution in [3.8, 4) is 0 Å². The second kappa shape index (κ2) is 8.33. The molecule has 0 aromatic heterocycles. The summed E-state index contributed by atoms with van der Waals surface area (Å²) in [5.74, 6) is -1.10. The fourth-order valence-corrected chi connectivity index (χ4v) is 2.77. The number of halogens is 6. The zero-order chi connectivity index (χ0) is 22.8. The maximum atomic E-state index is 13.1. The molecular weight excluding hydrogens is 422 g/mol. The van der Waals surface area contributed by atoms with Gasteiger partial charge in [-0.3, -0.25) is 4.79 Å². The van der Waals surface area contributed by atoms with E-state index in [1.807, 2.05) is 19.1 Å². The summed E-state index contributed by atoms with van der Waals surface area (Å²) in [4.78, 5) is 12.5. The van der Waals surface area contributed by atoms with Gasteiger partial charge in [0.1, 0.15) is 0 Å². The molecule has 3 rings (SSSR count). The number of nitrogens with one attached hydrogen (secondary N) is 2. The average molecular weight is 438 g/mol. The van der Waals surface area contributed by atoms with Gasteiger partial charge < -0.3 is 10.6 Å². The molecule has 0 heterocycles. The van der Waals surface area contributed by atoms with Crippen LogP contribution in [0.4, 0.5) is 43.4 Å². The van der Waals surface area contributed by atoms with Gasteiger partial charge in [0.05, 0.1) is 22.5 Å². The highest BCUT2D eigenvalue weighted by Gasteiger charge is 2.37. The van der Waals surface area contributed by atoms with Crippen LogP contribution in [0.3, 0.4) is 0 Å². The van der Waals surface area contributed by atoms with Gasteiger partial charge in [0, 0.05) is 11.3 Å². The number of carbonyl (C=O) groups is 1. The Bertz CT molecular complexity index is 1060. The monoisotopic (exact) mass is 438 g/mol. The van der Waals surface area contributed by atoms with E-state index in [9.17, 15) is 31.1 Å². The summed E-state index contributed by atoms with van der Waals surface area (Å²) < 4.78 is 78.3. The Kier molecular flexibility index (Phi) is 5.97. The van der Waals surface area contributed by atoms with Crippen molar-refractivity contribution < 1.29 is 31.1 Å². The van der Waals surface area contributed by atoms with Crippen LogP contribution in [0.5, 0.6) is 0 Å². The van der Waals surface area contributed by atoms with Crippen molar-refractivity contribution in [2.45, 2.75) is 19.3 Å². The lowest BCUT2D eigenvalue weighted by molar-refractivity contribution is -0.143. The molecule has 0 atom stereocenters. The summed E-state index contributed by atoms with van der Waals surface area (Å²) >= 11 is 0. The largest absolute Gasteiger partial charge is 0.416 e. The van der Waals surface area contributed by atoms with Crippen LogP contribution < -0.4 is 10.6 Å². The van der Waals surface area contributed by atoms with Crippen LogP contribution in [0.15, 0.2) is 66.7 Å². The molecule has 0 aliphatic carbocycles. The molecule has 9 heteroatoms. The standard InChI is InChI=1S/C22H16F6N2O/c1-13-6-8-17(9-7-13)29-18-4-2-3-5-19(18)30-20(31)14-10-15(21(23,24)25)12-16(11-14)22(26,27)28/h2-12,29H,1H3,(H,30,31). The van der Waals surface area contributed by atoms with E-state index in [1.54, 1.807) is 30.3 Å². The number of alkyl halides is 6. The molecule has 0 bridgehead atoms. The van der Waals surface area contributed by atoms with E-state index in [0.717, 1.165) is 5.56 Å². The first-order valence-electron chi connectivity index (χ1n) is 8.97. The van der Waals surface area contributed by atoms with E-state index in [1.165, 1.54) is 6.07 Å². The summed E-state index contributed by atoms with van der Waals surface area (Å²) in [5, 5.41) is 5.43. The molecule has 0 spiro atoms. The summed E-state index contributed by atoms with van der Waals surface area (Å²) in [6.45, 7) is 1.90. The number of benzene rings is 3. The molecule has 0 saturated carbocycles. The maximum absolute atomic E-state index is 13.1. The first-order chi connectivity index (χ1) is 14.4. The van der Waals surface area contributed by atoms with E-state index in [4.69, 9.17) is 0 Å². The molecule has 0 saturated heterocycles. The van der Waals surface area contributed by atoms with Gasteiger partial charge in [-0.2, -0.15) is 26.3 Å². The molecular formula is C22H16F6N2O. The van der Waals surface area contributed by atoms with Crippen LogP contribution in [0.1, 0.15) is 27.0 Å². The van der Waals surface area contributed by atoms with Gasteiger partial charge in [-0.1, -0.05) is 29.8 Å². The third-order valence-electron chi connectivity index (χ3n) is 4.36. The Morgan fingerprint density at radius 1 is 0.742 bits per heavy atom. The van der Waals surface area contributed by atoms with Crippen LogP contribution >= 0.6 is 0 Å². The Morgan fingerprint density at radius 3 is 1.77 bits per heavy atom. The molecule has 1 amide bonds. The van der Waals surface area contributed by atoms with Crippen LogP contribution in [-0.2, 0) is 12.4 Å². The number of hydrogen-bond acceptors (Lipinski definition) is 2. The van der Waals surface area contributed by atoms with Gasteiger partial charge in [-0.15, -0.1) is 0 Å². The smallest absolute Gasteiger partial charge is 0.354 e. The molecule has 0 radical (unpaired) electrons. The number of para-hydroxylation sites is 2. The molecule has 31 heavy (non-hydrogen) atoms. The van der Waals surface area contributed by atoms with Gasteiger partial charge in [-0.05, 0) is 49.4 Å². The average Bonchev–Trinajstić information content (AvgIpc) is 2.69.